The molecule has 2 aromatic rings. The smallest absolute Gasteiger partial charge is 0.325 e. The second-order valence-corrected chi connectivity index (χ2v) is 7.29. The van der Waals surface area contributed by atoms with Crippen molar-refractivity contribution in [3.8, 4) is 5.69 Å². The van der Waals surface area contributed by atoms with Crippen LogP contribution in [-0.4, -0.2) is 55.0 Å². The number of rotatable bonds is 4. The molecule has 28 heavy (non-hydrogen) atoms. The van der Waals surface area contributed by atoms with Gasteiger partial charge < -0.3 is 10.6 Å². The van der Waals surface area contributed by atoms with Gasteiger partial charge in [0.05, 0.1) is 5.69 Å². The Labute approximate surface area is 161 Å². The summed E-state index contributed by atoms with van der Waals surface area (Å²) in [7, 11) is 0. The van der Waals surface area contributed by atoms with Crippen LogP contribution in [-0.2, 0) is 9.59 Å². The van der Waals surface area contributed by atoms with Crippen LogP contribution in [0.1, 0.15) is 32.6 Å². The summed E-state index contributed by atoms with van der Waals surface area (Å²) in [4.78, 5) is 38.7. The first-order valence-corrected chi connectivity index (χ1v) is 9.27. The number of carbonyl (C=O) groups excluding carboxylic acids is 3. The molecule has 2 aliphatic rings. The fourth-order valence-electron chi connectivity index (χ4n) is 3.96. The highest BCUT2D eigenvalue weighted by atomic mass is 16.2. The number of imide groups is 1. The second-order valence-electron chi connectivity index (χ2n) is 7.29. The van der Waals surface area contributed by atoms with Gasteiger partial charge in [0, 0.05) is 5.69 Å². The highest BCUT2D eigenvalue weighted by Crippen LogP contribution is 2.38. The Morgan fingerprint density at radius 1 is 1.29 bits per heavy atom. The van der Waals surface area contributed by atoms with Crippen LogP contribution in [0.5, 0.6) is 0 Å². The van der Waals surface area contributed by atoms with E-state index in [-0.39, 0.29) is 18.4 Å². The fourth-order valence-corrected chi connectivity index (χ4v) is 3.96. The van der Waals surface area contributed by atoms with Crippen molar-refractivity contribution in [2.45, 2.75) is 38.1 Å². The van der Waals surface area contributed by atoms with E-state index in [0.29, 0.717) is 12.1 Å². The van der Waals surface area contributed by atoms with Crippen LogP contribution in [0.4, 0.5) is 10.5 Å². The average molecular weight is 383 g/mol. The molecule has 0 bridgehead atoms. The molecule has 1 saturated heterocycles. The number of anilines is 1. The van der Waals surface area contributed by atoms with E-state index in [4.69, 9.17) is 0 Å². The minimum absolute atomic E-state index is 0.0598. The van der Waals surface area contributed by atoms with Gasteiger partial charge >= 0.3 is 6.03 Å². The van der Waals surface area contributed by atoms with E-state index in [1.54, 1.807) is 24.3 Å². The maximum absolute atomic E-state index is 12.9. The Bertz CT molecular complexity index is 896. The summed E-state index contributed by atoms with van der Waals surface area (Å²) in [5, 5.41) is 16.5. The predicted octanol–water partition coefficient (Wildman–Crippen LogP) is 1.10. The van der Waals surface area contributed by atoms with E-state index in [1.807, 2.05) is 6.92 Å². The fraction of sp³-hybridized carbons (Fsp3) is 0.444. The van der Waals surface area contributed by atoms with Crippen LogP contribution >= 0.6 is 0 Å². The van der Waals surface area contributed by atoms with Gasteiger partial charge in [-0.05, 0) is 53.5 Å². The minimum atomic E-state index is -0.858. The molecule has 1 aromatic heterocycles. The topological polar surface area (TPSA) is 122 Å². The predicted molar refractivity (Wildman–Crippen MR) is 98.4 cm³/mol. The molecule has 146 valence electrons. The Balaban J connectivity index is 1.41. The summed E-state index contributed by atoms with van der Waals surface area (Å²) < 4.78 is 1.49. The summed E-state index contributed by atoms with van der Waals surface area (Å²) in [6.45, 7) is 1.67. The summed E-state index contributed by atoms with van der Waals surface area (Å²) in [5.41, 5.74) is 0.434. The van der Waals surface area contributed by atoms with E-state index in [0.717, 1.165) is 29.8 Å². The highest BCUT2D eigenvalue weighted by molar-refractivity contribution is 6.10. The minimum Gasteiger partial charge on any atom is -0.325 e. The standard InChI is InChI=1S/C18H21N7O3/c1-12-4-2-3-9-18(12)16(27)24(17(28)21-18)10-15(26)20-13-5-7-14(8-6-13)25-11-19-22-23-25/h5-8,11-12H,2-4,9-10H2,1H3,(H,20,26)(H,21,28)/t12-,18+/m1/s1. The summed E-state index contributed by atoms with van der Waals surface area (Å²) >= 11 is 0. The molecule has 2 fully saturated rings. The molecule has 10 heteroatoms. The van der Waals surface area contributed by atoms with Crippen LogP contribution in [0, 0.1) is 5.92 Å². The van der Waals surface area contributed by atoms with Crippen molar-refractivity contribution in [3.05, 3.63) is 30.6 Å². The van der Waals surface area contributed by atoms with Gasteiger partial charge in [-0.1, -0.05) is 19.8 Å². The highest BCUT2D eigenvalue weighted by Gasteiger charge is 2.55. The number of aromatic nitrogens is 4. The summed E-state index contributed by atoms with van der Waals surface area (Å²) in [6.07, 6.45) is 4.92. The first kappa shape index (κ1) is 18.1. The van der Waals surface area contributed by atoms with Crippen molar-refractivity contribution < 1.29 is 14.4 Å². The van der Waals surface area contributed by atoms with Gasteiger partial charge in [0.15, 0.2) is 0 Å². The Kier molecular flexibility index (Phi) is 4.54. The number of benzene rings is 1. The molecule has 2 N–H and O–H groups in total. The maximum atomic E-state index is 12.9. The van der Waals surface area contributed by atoms with Crippen molar-refractivity contribution >= 4 is 23.5 Å². The quantitative estimate of drug-likeness (QED) is 0.763. The molecule has 1 aromatic carbocycles. The van der Waals surface area contributed by atoms with Crippen molar-refractivity contribution in [1.29, 1.82) is 0 Å². The monoisotopic (exact) mass is 383 g/mol. The van der Waals surface area contributed by atoms with Gasteiger partial charge in [0.1, 0.15) is 18.4 Å². The third-order valence-corrected chi connectivity index (χ3v) is 5.57. The number of nitrogens with one attached hydrogen (secondary N) is 2. The van der Waals surface area contributed by atoms with Gasteiger partial charge in [-0.2, -0.15) is 0 Å². The van der Waals surface area contributed by atoms with Crippen molar-refractivity contribution in [3.63, 3.8) is 0 Å². The lowest BCUT2D eigenvalue weighted by molar-refractivity contribution is -0.136. The zero-order valence-corrected chi connectivity index (χ0v) is 15.5. The molecule has 1 aliphatic heterocycles. The number of tetrazole rings is 1. The summed E-state index contributed by atoms with van der Waals surface area (Å²) in [5.74, 6) is -0.669. The zero-order chi connectivity index (χ0) is 19.7. The first-order chi connectivity index (χ1) is 13.5. The third kappa shape index (κ3) is 3.10. The first-order valence-electron chi connectivity index (χ1n) is 9.27. The van der Waals surface area contributed by atoms with Gasteiger partial charge in [-0.3, -0.25) is 14.5 Å². The molecule has 1 saturated carbocycles. The lowest BCUT2D eigenvalue weighted by Gasteiger charge is -2.36. The van der Waals surface area contributed by atoms with E-state index in [1.165, 1.54) is 11.0 Å². The zero-order valence-electron chi connectivity index (χ0n) is 15.5. The number of hydrogen-bond donors (Lipinski definition) is 2. The average Bonchev–Trinajstić information content (AvgIpc) is 3.29. The lowest BCUT2D eigenvalue weighted by atomic mass is 9.73. The molecule has 10 nitrogen and oxygen atoms in total. The van der Waals surface area contributed by atoms with Crippen molar-refractivity contribution in [2.24, 2.45) is 5.92 Å². The van der Waals surface area contributed by atoms with Crippen LogP contribution in [0.15, 0.2) is 30.6 Å². The molecular formula is C18H21N7O3. The molecule has 4 rings (SSSR count). The lowest BCUT2D eigenvalue weighted by Crippen LogP contribution is -2.54. The number of hydrogen-bond acceptors (Lipinski definition) is 6. The second kappa shape index (κ2) is 7.02. The molecule has 1 aliphatic carbocycles. The molecular weight excluding hydrogens is 362 g/mol. The SMILES string of the molecule is C[C@@H]1CCCC[C@]12NC(=O)N(CC(=O)Nc1ccc(-n3cnnn3)cc1)C2=O. The van der Waals surface area contributed by atoms with Crippen LogP contribution in [0.3, 0.4) is 0 Å². The molecule has 2 atom stereocenters. The Hall–Kier alpha value is -3.30. The molecule has 0 unspecified atom stereocenters. The number of urea groups is 1. The normalized spacial score (nSPS) is 24.5. The van der Waals surface area contributed by atoms with Gasteiger partial charge in [0.2, 0.25) is 5.91 Å². The van der Waals surface area contributed by atoms with E-state index in [2.05, 4.69) is 26.2 Å². The van der Waals surface area contributed by atoms with Gasteiger partial charge in [0.25, 0.3) is 5.91 Å². The van der Waals surface area contributed by atoms with Crippen molar-refractivity contribution in [2.75, 3.05) is 11.9 Å². The van der Waals surface area contributed by atoms with Crippen LogP contribution in [0.2, 0.25) is 0 Å². The Morgan fingerprint density at radius 3 is 2.75 bits per heavy atom. The van der Waals surface area contributed by atoms with E-state index in [9.17, 15) is 14.4 Å². The number of carbonyl (C=O) groups is 3. The molecule has 4 amide bonds. The van der Waals surface area contributed by atoms with Crippen molar-refractivity contribution in [1.82, 2.24) is 30.4 Å². The molecule has 2 heterocycles. The number of nitrogens with zero attached hydrogens (tertiary/aromatic N) is 5. The van der Waals surface area contributed by atoms with E-state index < -0.39 is 17.5 Å². The molecule has 1 spiro atoms. The van der Waals surface area contributed by atoms with Gasteiger partial charge in [-0.15, -0.1) is 5.10 Å². The number of amides is 4. The van der Waals surface area contributed by atoms with Crippen LogP contribution in [0.25, 0.3) is 5.69 Å². The third-order valence-electron chi connectivity index (χ3n) is 5.57. The summed E-state index contributed by atoms with van der Waals surface area (Å²) in [6, 6.07) is 6.40. The van der Waals surface area contributed by atoms with Gasteiger partial charge in [-0.25, -0.2) is 9.48 Å². The maximum Gasteiger partial charge on any atom is 0.325 e. The molecule has 0 radical (unpaired) electrons. The van der Waals surface area contributed by atoms with Crippen LogP contribution < -0.4 is 10.6 Å². The largest absolute Gasteiger partial charge is 0.325 e. The van der Waals surface area contributed by atoms with E-state index >= 15 is 0 Å². The Morgan fingerprint density at radius 2 is 2.07 bits per heavy atom.